The van der Waals surface area contributed by atoms with Gasteiger partial charge in [-0.2, -0.15) is 0 Å². The van der Waals surface area contributed by atoms with Gasteiger partial charge in [0.1, 0.15) is 17.2 Å². The van der Waals surface area contributed by atoms with Crippen molar-refractivity contribution in [3.8, 4) is 5.75 Å². The molecule has 0 radical (unpaired) electrons. The Balaban J connectivity index is 1.84. The van der Waals surface area contributed by atoms with E-state index in [1.165, 1.54) is 0 Å². The molecule has 0 amide bonds. The van der Waals surface area contributed by atoms with Crippen molar-refractivity contribution < 1.29 is 9.53 Å². The Hall–Kier alpha value is -3.20. The number of ketones is 1. The number of allylic oxidation sites excluding steroid dienone is 6. The Bertz CT molecular complexity index is 1000. The van der Waals surface area contributed by atoms with Gasteiger partial charge in [0.15, 0.2) is 0 Å². The molecule has 1 aliphatic carbocycles. The number of nitrogens with zero attached hydrogens (tertiary/aromatic N) is 1. The number of benzene rings is 2. The molecule has 0 spiro atoms. The molecule has 0 unspecified atom stereocenters. The molecule has 1 aliphatic heterocycles. The predicted octanol–water partition coefficient (Wildman–Crippen LogP) is 4.27. The third-order valence-corrected chi connectivity index (χ3v) is 4.16. The van der Waals surface area contributed by atoms with Crippen molar-refractivity contribution in [2.75, 3.05) is 7.05 Å². The molecule has 116 valence electrons. The average Bonchev–Trinajstić information content (AvgIpc) is 2.82. The van der Waals surface area contributed by atoms with Crippen molar-refractivity contribution in [3.63, 3.8) is 0 Å². The number of hydrogen-bond donors (Lipinski definition) is 0. The van der Waals surface area contributed by atoms with Crippen LogP contribution >= 0.6 is 0 Å². The van der Waals surface area contributed by atoms with Gasteiger partial charge in [0.2, 0.25) is 5.78 Å². The van der Waals surface area contributed by atoms with Gasteiger partial charge in [0.25, 0.3) is 0 Å². The van der Waals surface area contributed by atoms with Crippen molar-refractivity contribution in [3.05, 3.63) is 83.7 Å². The maximum atomic E-state index is 12.6. The van der Waals surface area contributed by atoms with Crippen LogP contribution in [-0.2, 0) is 4.79 Å². The molecule has 1 heterocycles. The molecule has 24 heavy (non-hydrogen) atoms. The van der Waals surface area contributed by atoms with E-state index in [-0.39, 0.29) is 5.78 Å². The van der Waals surface area contributed by atoms with E-state index in [4.69, 9.17) is 4.74 Å². The Kier molecular flexibility index (Phi) is 3.47. The van der Waals surface area contributed by atoms with Gasteiger partial charge in [-0.1, -0.05) is 42.5 Å². The van der Waals surface area contributed by atoms with E-state index in [1.807, 2.05) is 48.6 Å². The first-order valence-electron chi connectivity index (χ1n) is 7.76. The number of Topliss-reactive ketones (excluding diaryl/α,β-unsaturated/α-hetero) is 1. The molecule has 0 atom stereocenters. The molecule has 3 nitrogen and oxygen atoms in total. The average molecular weight is 313 g/mol. The largest absolute Gasteiger partial charge is 0.456 e. The quantitative estimate of drug-likeness (QED) is 0.681. The lowest BCUT2D eigenvalue weighted by molar-refractivity contribution is -0.109. The summed E-state index contributed by atoms with van der Waals surface area (Å²) in [6.45, 7) is 0. The zero-order chi connectivity index (χ0) is 16.5. The number of fused-ring (bicyclic) bond motifs is 3. The van der Waals surface area contributed by atoms with E-state index in [0.717, 1.165) is 22.1 Å². The van der Waals surface area contributed by atoms with Crippen molar-refractivity contribution in [2.45, 2.75) is 0 Å². The summed E-state index contributed by atoms with van der Waals surface area (Å²) in [7, 11) is 1.62. The summed E-state index contributed by atoms with van der Waals surface area (Å²) in [6.07, 6.45) is 11.0. The Morgan fingerprint density at radius 1 is 0.917 bits per heavy atom. The van der Waals surface area contributed by atoms with Crippen LogP contribution in [0.3, 0.4) is 0 Å². The van der Waals surface area contributed by atoms with E-state index >= 15 is 0 Å². The number of aliphatic imine (C=N–C) groups is 1. The van der Waals surface area contributed by atoms with E-state index in [9.17, 15) is 4.79 Å². The fourth-order valence-corrected chi connectivity index (χ4v) is 2.95. The molecule has 2 aromatic carbocycles. The SMILES string of the molecule is CN=C1C=CC=C/C(=C2\C=Cc3c(ccc4ccccc34)O2)C1=O. The summed E-state index contributed by atoms with van der Waals surface area (Å²) in [6, 6.07) is 12.1. The second-order valence-corrected chi connectivity index (χ2v) is 5.57. The Morgan fingerprint density at radius 2 is 1.75 bits per heavy atom. The molecule has 0 N–H and O–H groups in total. The summed E-state index contributed by atoms with van der Waals surface area (Å²) in [5.41, 5.74) is 1.96. The van der Waals surface area contributed by atoms with Crippen LogP contribution in [0.4, 0.5) is 0 Å². The fourth-order valence-electron chi connectivity index (χ4n) is 2.95. The standard InChI is InChI=1S/C21H15NO2/c1-22-18-9-5-4-8-17(21(18)23)20-13-11-16-15-7-3-2-6-14(15)10-12-19(16)24-20/h2-13H,1H3/b20-17-,22-18?. The van der Waals surface area contributed by atoms with Gasteiger partial charge < -0.3 is 4.74 Å². The minimum absolute atomic E-state index is 0.133. The minimum Gasteiger partial charge on any atom is -0.456 e. The van der Waals surface area contributed by atoms with E-state index < -0.39 is 0 Å². The lowest BCUT2D eigenvalue weighted by Crippen LogP contribution is -2.16. The lowest BCUT2D eigenvalue weighted by atomic mass is 9.99. The van der Waals surface area contributed by atoms with Crippen LogP contribution < -0.4 is 4.74 Å². The van der Waals surface area contributed by atoms with Crippen LogP contribution in [0.1, 0.15) is 5.56 Å². The molecule has 2 aliphatic rings. The van der Waals surface area contributed by atoms with Crippen molar-refractivity contribution in [1.29, 1.82) is 0 Å². The van der Waals surface area contributed by atoms with Gasteiger partial charge in [-0.05, 0) is 41.1 Å². The van der Waals surface area contributed by atoms with Gasteiger partial charge in [-0.25, -0.2) is 0 Å². The van der Waals surface area contributed by atoms with Gasteiger partial charge in [-0.15, -0.1) is 0 Å². The van der Waals surface area contributed by atoms with Crippen LogP contribution in [0.5, 0.6) is 5.75 Å². The molecular formula is C21H15NO2. The Morgan fingerprint density at radius 3 is 2.62 bits per heavy atom. The van der Waals surface area contributed by atoms with Gasteiger partial charge in [0.05, 0.1) is 5.57 Å². The smallest absolute Gasteiger partial charge is 0.214 e. The minimum atomic E-state index is -0.133. The molecule has 4 rings (SSSR count). The number of rotatable bonds is 0. The number of ether oxygens (including phenoxy) is 1. The first kappa shape index (κ1) is 14.4. The second kappa shape index (κ2) is 5.78. The second-order valence-electron chi connectivity index (χ2n) is 5.57. The molecule has 0 bridgehead atoms. The van der Waals surface area contributed by atoms with Crippen molar-refractivity contribution >= 4 is 28.3 Å². The molecule has 3 heteroatoms. The topological polar surface area (TPSA) is 38.7 Å². The number of carbonyl (C=O) groups is 1. The highest BCUT2D eigenvalue weighted by atomic mass is 16.5. The summed E-state index contributed by atoms with van der Waals surface area (Å²) in [5, 5.41) is 2.30. The molecular weight excluding hydrogens is 298 g/mol. The molecule has 2 aromatic rings. The Labute approximate surface area is 140 Å². The highest BCUT2D eigenvalue weighted by Gasteiger charge is 2.21. The zero-order valence-corrected chi connectivity index (χ0v) is 13.2. The van der Waals surface area contributed by atoms with Gasteiger partial charge in [-0.3, -0.25) is 9.79 Å². The fraction of sp³-hybridized carbons (Fsp3) is 0.0476. The highest BCUT2D eigenvalue weighted by Crippen LogP contribution is 2.35. The van der Waals surface area contributed by atoms with E-state index in [1.54, 1.807) is 19.2 Å². The third kappa shape index (κ3) is 2.31. The van der Waals surface area contributed by atoms with Gasteiger partial charge >= 0.3 is 0 Å². The number of hydrogen-bond acceptors (Lipinski definition) is 3. The first-order valence-corrected chi connectivity index (χ1v) is 7.76. The lowest BCUT2D eigenvalue weighted by Gasteiger charge is -2.18. The van der Waals surface area contributed by atoms with E-state index in [0.29, 0.717) is 17.0 Å². The molecule has 0 saturated heterocycles. The molecule has 0 saturated carbocycles. The highest BCUT2D eigenvalue weighted by molar-refractivity contribution is 6.50. The van der Waals surface area contributed by atoms with Crippen LogP contribution in [0.2, 0.25) is 0 Å². The normalized spacial score (nSPS) is 21.0. The summed E-state index contributed by atoms with van der Waals surface area (Å²) in [4.78, 5) is 16.6. The maximum absolute atomic E-state index is 12.6. The molecule has 0 fully saturated rings. The maximum Gasteiger partial charge on any atom is 0.214 e. The van der Waals surface area contributed by atoms with Crippen LogP contribution in [0.15, 0.2) is 83.1 Å². The van der Waals surface area contributed by atoms with Crippen molar-refractivity contribution in [2.24, 2.45) is 4.99 Å². The van der Waals surface area contributed by atoms with Crippen LogP contribution in [0, 0.1) is 0 Å². The monoisotopic (exact) mass is 313 g/mol. The van der Waals surface area contributed by atoms with Crippen LogP contribution in [-0.4, -0.2) is 18.5 Å². The summed E-state index contributed by atoms with van der Waals surface area (Å²) >= 11 is 0. The third-order valence-electron chi connectivity index (χ3n) is 4.16. The summed E-state index contributed by atoms with van der Waals surface area (Å²) < 4.78 is 6.04. The zero-order valence-electron chi connectivity index (χ0n) is 13.2. The number of carbonyl (C=O) groups excluding carboxylic acids is 1. The van der Waals surface area contributed by atoms with Crippen LogP contribution in [0.25, 0.3) is 16.8 Å². The van der Waals surface area contributed by atoms with Gasteiger partial charge in [0, 0.05) is 12.6 Å². The predicted molar refractivity (Wildman–Crippen MR) is 97.3 cm³/mol. The van der Waals surface area contributed by atoms with E-state index in [2.05, 4.69) is 17.1 Å². The van der Waals surface area contributed by atoms with Crippen molar-refractivity contribution in [1.82, 2.24) is 0 Å². The first-order chi connectivity index (χ1) is 11.8. The summed E-state index contributed by atoms with van der Waals surface area (Å²) in [5.74, 6) is 1.17. The molecule has 0 aromatic heterocycles.